The van der Waals surface area contributed by atoms with Gasteiger partial charge in [0.05, 0.1) is 0 Å². The summed E-state index contributed by atoms with van der Waals surface area (Å²) in [6, 6.07) is 0. The molecule has 0 spiro atoms. The minimum absolute atomic E-state index is 0.0621. The molecule has 6 heteroatoms. The molecular weight excluding hydrogens is 793 g/mol. The summed E-state index contributed by atoms with van der Waals surface area (Å²) in [5.74, 6) is -0.00966. The Morgan fingerprint density at radius 1 is 0.297 bits per heavy atom. The van der Waals surface area contributed by atoms with Gasteiger partial charge in [-0.05, 0) is 25.2 Å². The molecule has 0 aromatic carbocycles. The zero-order valence-corrected chi connectivity index (χ0v) is 43.8. The highest BCUT2D eigenvalue weighted by molar-refractivity contribution is 5.71. The zero-order chi connectivity index (χ0) is 46.7. The van der Waals surface area contributed by atoms with Crippen LogP contribution in [0.4, 0.5) is 0 Å². The molecule has 380 valence electrons. The van der Waals surface area contributed by atoms with Crippen molar-refractivity contribution in [2.45, 2.75) is 336 Å². The fourth-order valence-electron chi connectivity index (χ4n) is 8.92. The van der Waals surface area contributed by atoms with Gasteiger partial charge in [0.2, 0.25) is 0 Å². The van der Waals surface area contributed by atoms with Crippen LogP contribution in [0.5, 0.6) is 0 Å². The number of ether oxygens (including phenoxy) is 3. The fraction of sp³-hybridized carbons (Fsp3) is 0.948. The molecule has 0 aromatic heterocycles. The Hall–Kier alpha value is -1.59. The average Bonchev–Trinajstić information content (AvgIpc) is 3.28. The molecule has 0 unspecified atom stereocenters. The summed E-state index contributed by atoms with van der Waals surface area (Å²) in [6.07, 6.45) is 56.6. The molecule has 0 amide bonds. The van der Waals surface area contributed by atoms with Crippen molar-refractivity contribution in [2.75, 3.05) is 13.2 Å². The summed E-state index contributed by atoms with van der Waals surface area (Å²) in [5, 5.41) is 0. The van der Waals surface area contributed by atoms with Crippen LogP contribution in [0, 0.1) is 5.92 Å². The average molecular weight is 906 g/mol. The third kappa shape index (κ3) is 51.4. The van der Waals surface area contributed by atoms with Crippen LogP contribution in [0.2, 0.25) is 0 Å². The lowest BCUT2D eigenvalue weighted by Gasteiger charge is -2.18. The van der Waals surface area contributed by atoms with E-state index in [1.54, 1.807) is 0 Å². The Morgan fingerprint density at radius 2 is 0.516 bits per heavy atom. The molecular formula is C58H112O6. The minimum Gasteiger partial charge on any atom is -0.462 e. The van der Waals surface area contributed by atoms with Gasteiger partial charge in [0.1, 0.15) is 13.2 Å². The van der Waals surface area contributed by atoms with E-state index in [4.69, 9.17) is 14.2 Å². The third-order valence-electron chi connectivity index (χ3n) is 13.3. The first-order valence-electron chi connectivity index (χ1n) is 28.9. The van der Waals surface area contributed by atoms with Crippen molar-refractivity contribution < 1.29 is 28.6 Å². The van der Waals surface area contributed by atoms with E-state index >= 15 is 0 Å². The predicted molar refractivity (Wildman–Crippen MR) is 275 cm³/mol. The predicted octanol–water partition coefficient (Wildman–Crippen LogP) is 19.0. The number of carbonyl (C=O) groups is 3. The van der Waals surface area contributed by atoms with Gasteiger partial charge in [-0.3, -0.25) is 14.4 Å². The number of hydrogen-bond acceptors (Lipinski definition) is 6. The van der Waals surface area contributed by atoms with Gasteiger partial charge in [-0.15, -0.1) is 0 Å². The second-order valence-corrected chi connectivity index (χ2v) is 20.4. The topological polar surface area (TPSA) is 78.9 Å². The van der Waals surface area contributed by atoms with Crippen molar-refractivity contribution in [2.24, 2.45) is 5.92 Å². The third-order valence-corrected chi connectivity index (χ3v) is 13.3. The number of rotatable bonds is 53. The zero-order valence-electron chi connectivity index (χ0n) is 43.8. The summed E-state index contributed by atoms with van der Waals surface area (Å²) < 4.78 is 16.9. The van der Waals surface area contributed by atoms with Gasteiger partial charge in [-0.2, -0.15) is 0 Å². The molecule has 0 bridgehead atoms. The minimum atomic E-state index is -0.762. The van der Waals surface area contributed by atoms with E-state index < -0.39 is 6.10 Å². The summed E-state index contributed by atoms with van der Waals surface area (Å²) in [7, 11) is 0. The van der Waals surface area contributed by atoms with Gasteiger partial charge in [0, 0.05) is 19.3 Å². The van der Waals surface area contributed by atoms with E-state index in [0.717, 1.165) is 63.7 Å². The standard InChI is InChI=1S/C58H112O6/c1-5-7-9-11-13-15-17-19-20-21-22-23-24-26-30-35-39-43-47-51-58(61)64-55(52-62-56(59)49-45-41-37-33-29-25-18-16-14-12-10-8-6-2)53-63-57(60)50-46-42-38-34-31-27-28-32-36-40-44-48-54(3)4/h54-55H,5-53H2,1-4H3/t55-/m0/s1. The quantitative estimate of drug-likeness (QED) is 0.0344. The number of unbranched alkanes of at least 4 members (excludes halogenated alkanes) is 40. The highest BCUT2D eigenvalue weighted by atomic mass is 16.6. The lowest BCUT2D eigenvalue weighted by atomic mass is 10.0. The molecule has 0 heterocycles. The maximum absolute atomic E-state index is 12.9. The Kier molecular flexibility index (Phi) is 51.1. The first kappa shape index (κ1) is 62.4. The van der Waals surface area contributed by atoms with Gasteiger partial charge < -0.3 is 14.2 Å². The highest BCUT2D eigenvalue weighted by Gasteiger charge is 2.19. The number of esters is 3. The molecule has 0 aliphatic heterocycles. The normalized spacial score (nSPS) is 12.0. The molecule has 0 fully saturated rings. The van der Waals surface area contributed by atoms with Crippen molar-refractivity contribution in [1.82, 2.24) is 0 Å². The van der Waals surface area contributed by atoms with Crippen LogP contribution >= 0.6 is 0 Å². The van der Waals surface area contributed by atoms with E-state index in [9.17, 15) is 14.4 Å². The van der Waals surface area contributed by atoms with Crippen molar-refractivity contribution in [3.05, 3.63) is 0 Å². The van der Waals surface area contributed by atoms with Gasteiger partial charge in [-0.1, -0.05) is 291 Å². The fourth-order valence-corrected chi connectivity index (χ4v) is 8.92. The monoisotopic (exact) mass is 905 g/mol. The molecule has 0 rings (SSSR count). The lowest BCUT2D eigenvalue weighted by molar-refractivity contribution is -0.167. The molecule has 0 aliphatic carbocycles. The van der Waals surface area contributed by atoms with E-state index in [2.05, 4.69) is 27.7 Å². The second kappa shape index (κ2) is 52.4. The second-order valence-electron chi connectivity index (χ2n) is 20.4. The molecule has 64 heavy (non-hydrogen) atoms. The van der Waals surface area contributed by atoms with Crippen LogP contribution in [0.15, 0.2) is 0 Å². The van der Waals surface area contributed by atoms with Gasteiger partial charge in [0.25, 0.3) is 0 Å². The Balaban J connectivity index is 4.28. The Bertz CT molecular complexity index is 964. The SMILES string of the molecule is CCCCCCCCCCCCCCCCCCCCCC(=O)O[C@@H](COC(=O)CCCCCCCCCCCCCCC)COC(=O)CCCCCCCCCCCCCC(C)C. The first-order chi connectivity index (χ1) is 31.4. The highest BCUT2D eigenvalue weighted by Crippen LogP contribution is 2.18. The first-order valence-corrected chi connectivity index (χ1v) is 28.9. The molecule has 6 nitrogen and oxygen atoms in total. The summed E-state index contributed by atoms with van der Waals surface area (Å²) in [4.78, 5) is 38.1. The largest absolute Gasteiger partial charge is 0.462 e. The van der Waals surface area contributed by atoms with Crippen molar-refractivity contribution >= 4 is 17.9 Å². The molecule has 0 saturated heterocycles. The smallest absolute Gasteiger partial charge is 0.306 e. The molecule has 0 saturated carbocycles. The van der Waals surface area contributed by atoms with Crippen molar-refractivity contribution in [3.8, 4) is 0 Å². The van der Waals surface area contributed by atoms with Crippen LogP contribution in [-0.4, -0.2) is 37.2 Å². The lowest BCUT2D eigenvalue weighted by Crippen LogP contribution is -2.30. The summed E-state index contributed by atoms with van der Waals surface area (Å²) >= 11 is 0. The summed E-state index contributed by atoms with van der Waals surface area (Å²) in [5.41, 5.74) is 0. The molecule has 0 aromatic rings. The van der Waals surface area contributed by atoms with Crippen LogP contribution in [0.1, 0.15) is 329 Å². The van der Waals surface area contributed by atoms with Crippen molar-refractivity contribution in [3.63, 3.8) is 0 Å². The van der Waals surface area contributed by atoms with E-state index in [1.807, 2.05) is 0 Å². The summed E-state index contributed by atoms with van der Waals surface area (Å²) in [6.45, 7) is 9.05. The molecule has 0 aliphatic rings. The van der Waals surface area contributed by atoms with E-state index in [-0.39, 0.29) is 31.1 Å². The number of carbonyl (C=O) groups excluding carboxylic acids is 3. The van der Waals surface area contributed by atoms with E-state index in [0.29, 0.717) is 19.3 Å². The van der Waals surface area contributed by atoms with Crippen LogP contribution in [-0.2, 0) is 28.6 Å². The molecule has 1 atom stereocenters. The van der Waals surface area contributed by atoms with Crippen LogP contribution in [0.25, 0.3) is 0 Å². The Morgan fingerprint density at radius 3 is 0.766 bits per heavy atom. The van der Waals surface area contributed by atoms with Crippen LogP contribution in [0.3, 0.4) is 0 Å². The van der Waals surface area contributed by atoms with Gasteiger partial charge >= 0.3 is 17.9 Å². The molecule has 0 N–H and O–H groups in total. The number of hydrogen-bond donors (Lipinski definition) is 0. The molecule has 0 radical (unpaired) electrons. The maximum atomic E-state index is 12.9. The Labute approximate surface area is 399 Å². The van der Waals surface area contributed by atoms with Crippen LogP contribution < -0.4 is 0 Å². The van der Waals surface area contributed by atoms with Crippen molar-refractivity contribution in [1.29, 1.82) is 0 Å². The van der Waals surface area contributed by atoms with E-state index in [1.165, 1.54) is 225 Å². The maximum Gasteiger partial charge on any atom is 0.306 e. The van der Waals surface area contributed by atoms with Gasteiger partial charge in [-0.25, -0.2) is 0 Å². The van der Waals surface area contributed by atoms with Gasteiger partial charge in [0.15, 0.2) is 6.10 Å².